The predicted molar refractivity (Wildman–Crippen MR) is 124 cm³/mol. The summed E-state index contributed by atoms with van der Waals surface area (Å²) in [6.07, 6.45) is 1.08. The molecule has 0 bridgehead atoms. The van der Waals surface area contributed by atoms with Crippen molar-refractivity contribution in [2.75, 3.05) is 13.6 Å². The molecule has 4 aromatic rings. The molecule has 2 aromatic heterocycles. The molecule has 0 radical (unpaired) electrons. The van der Waals surface area contributed by atoms with E-state index in [1.807, 2.05) is 6.07 Å². The molecular weight excluding hydrogens is 410 g/mol. The first kappa shape index (κ1) is 21.3. The van der Waals surface area contributed by atoms with Crippen molar-refractivity contribution in [1.82, 2.24) is 4.90 Å². The largest absolute Gasteiger partial charge is 0.489 e. The maximum absolute atomic E-state index is 11.6. The second-order valence-corrected chi connectivity index (χ2v) is 8.61. The Kier molecular flexibility index (Phi) is 6.82. The molecule has 0 unspecified atom stereocenters. The fourth-order valence-electron chi connectivity index (χ4n) is 3.49. The number of aliphatic hydroxyl groups is 1. The van der Waals surface area contributed by atoms with Crippen LogP contribution in [-0.4, -0.2) is 23.6 Å². The summed E-state index contributed by atoms with van der Waals surface area (Å²) in [7, 11) is 2.14. The number of aliphatic hydroxyl groups excluding tert-OH is 1. The second kappa shape index (κ2) is 9.92. The third-order valence-electron chi connectivity index (χ3n) is 5.17. The van der Waals surface area contributed by atoms with Gasteiger partial charge in [0.05, 0.1) is 6.61 Å². The minimum absolute atomic E-state index is 0.210. The number of ether oxygens (including phenoxy) is 1. The van der Waals surface area contributed by atoms with E-state index in [0.717, 1.165) is 25.1 Å². The topological polar surface area (TPSA) is 62.9 Å². The molecule has 0 atom stereocenters. The number of hydrogen-bond donors (Lipinski definition) is 1. The first-order valence-electron chi connectivity index (χ1n) is 10.2. The average Bonchev–Trinajstić information content (AvgIpc) is 3.30. The van der Waals surface area contributed by atoms with Crippen molar-refractivity contribution < 1.29 is 14.3 Å². The minimum atomic E-state index is -0.482. The first-order chi connectivity index (χ1) is 15.1. The third kappa shape index (κ3) is 5.61. The molecular formula is C25H25NO4S. The number of thiophene rings is 1. The first-order valence-corrected chi connectivity index (χ1v) is 11.1. The van der Waals surface area contributed by atoms with Crippen LogP contribution in [0.4, 0.5) is 0 Å². The van der Waals surface area contributed by atoms with E-state index in [0.29, 0.717) is 28.9 Å². The van der Waals surface area contributed by atoms with Crippen molar-refractivity contribution in [3.63, 3.8) is 0 Å². The van der Waals surface area contributed by atoms with Crippen LogP contribution in [-0.2, 0) is 26.2 Å². The number of rotatable bonds is 9. The fourth-order valence-corrected chi connectivity index (χ4v) is 4.18. The molecule has 0 aliphatic carbocycles. The predicted octanol–water partition coefficient (Wildman–Crippen LogP) is 4.60. The van der Waals surface area contributed by atoms with E-state index < -0.39 is 5.63 Å². The van der Waals surface area contributed by atoms with Gasteiger partial charge in [-0.05, 0) is 53.7 Å². The Hall–Kier alpha value is -2.93. The van der Waals surface area contributed by atoms with Crippen LogP contribution in [0.15, 0.2) is 75.3 Å². The second-order valence-electron chi connectivity index (χ2n) is 7.58. The Morgan fingerprint density at radius 2 is 1.87 bits per heavy atom. The third-order valence-corrected chi connectivity index (χ3v) is 6.11. The van der Waals surface area contributed by atoms with Crippen LogP contribution in [0.1, 0.15) is 21.6 Å². The highest BCUT2D eigenvalue weighted by molar-refractivity contribution is 7.09. The van der Waals surface area contributed by atoms with Gasteiger partial charge in [-0.15, -0.1) is 11.3 Å². The molecule has 0 saturated heterocycles. The van der Waals surface area contributed by atoms with Crippen LogP contribution in [0.5, 0.6) is 5.75 Å². The quantitative estimate of drug-likeness (QED) is 0.389. The number of nitrogens with zero attached hydrogens (tertiary/aromatic N) is 1. The van der Waals surface area contributed by atoms with Crippen molar-refractivity contribution >= 4 is 22.3 Å². The van der Waals surface area contributed by atoms with Gasteiger partial charge in [0.25, 0.3) is 0 Å². The van der Waals surface area contributed by atoms with E-state index in [4.69, 9.17) is 9.15 Å². The zero-order valence-corrected chi connectivity index (χ0v) is 18.2. The van der Waals surface area contributed by atoms with Crippen LogP contribution in [0, 0.1) is 0 Å². The van der Waals surface area contributed by atoms with Crippen molar-refractivity contribution in [2.45, 2.75) is 26.2 Å². The Bertz CT molecular complexity index is 1180. The lowest BCUT2D eigenvalue weighted by atomic mass is 10.1. The summed E-state index contributed by atoms with van der Waals surface area (Å²) in [6, 6.07) is 19.3. The van der Waals surface area contributed by atoms with Crippen molar-refractivity contribution in [3.8, 4) is 5.75 Å². The van der Waals surface area contributed by atoms with Crippen LogP contribution in [0.3, 0.4) is 0 Å². The van der Waals surface area contributed by atoms with Gasteiger partial charge in [0.1, 0.15) is 17.9 Å². The molecule has 2 aromatic carbocycles. The van der Waals surface area contributed by atoms with Crippen LogP contribution < -0.4 is 10.4 Å². The van der Waals surface area contributed by atoms with E-state index in [1.165, 1.54) is 16.5 Å². The van der Waals surface area contributed by atoms with Crippen molar-refractivity contribution in [1.29, 1.82) is 0 Å². The van der Waals surface area contributed by atoms with E-state index in [1.54, 1.807) is 23.5 Å². The number of likely N-dealkylation sites (N-methyl/N-ethyl adjacent to an activating group) is 1. The van der Waals surface area contributed by atoms with E-state index in [9.17, 15) is 9.90 Å². The van der Waals surface area contributed by atoms with E-state index >= 15 is 0 Å². The molecule has 31 heavy (non-hydrogen) atoms. The van der Waals surface area contributed by atoms with Crippen molar-refractivity contribution in [2.24, 2.45) is 0 Å². The standard InChI is InChI=1S/C25H25NO4S/c1-26(11-10-22-3-2-12-31-22)15-18-4-6-19(7-5-18)17-29-21-8-9-23-20(16-27)13-25(28)30-24(23)14-21/h2-9,12-14,27H,10-11,15-17H2,1H3. The van der Waals surface area contributed by atoms with Crippen LogP contribution >= 0.6 is 11.3 Å². The van der Waals surface area contributed by atoms with Gasteiger partial charge in [0.15, 0.2) is 0 Å². The molecule has 4 rings (SSSR count). The molecule has 2 heterocycles. The monoisotopic (exact) mass is 435 g/mol. The number of hydrogen-bond acceptors (Lipinski definition) is 6. The normalized spacial score (nSPS) is 11.3. The zero-order chi connectivity index (χ0) is 21.6. The lowest BCUT2D eigenvalue weighted by Crippen LogP contribution is -2.20. The summed E-state index contributed by atoms with van der Waals surface area (Å²) in [5.41, 5.74) is 2.81. The summed E-state index contributed by atoms with van der Waals surface area (Å²) in [5, 5.41) is 12.2. The Balaban J connectivity index is 1.33. The maximum Gasteiger partial charge on any atom is 0.336 e. The van der Waals surface area contributed by atoms with E-state index in [-0.39, 0.29) is 6.61 Å². The Morgan fingerprint density at radius 1 is 1.06 bits per heavy atom. The molecule has 160 valence electrons. The van der Waals surface area contributed by atoms with E-state index in [2.05, 4.69) is 53.7 Å². The molecule has 0 aliphatic rings. The van der Waals surface area contributed by atoms with Crippen LogP contribution in [0.25, 0.3) is 11.0 Å². The number of fused-ring (bicyclic) bond motifs is 1. The molecule has 0 aliphatic heterocycles. The summed E-state index contributed by atoms with van der Waals surface area (Å²) in [6.45, 7) is 2.15. The molecule has 0 saturated carbocycles. The summed E-state index contributed by atoms with van der Waals surface area (Å²) in [4.78, 5) is 15.4. The highest BCUT2D eigenvalue weighted by atomic mass is 32.1. The number of benzene rings is 2. The summed E-state index contributed by atoms with van der Waals surface area (Å²) in [5.74, 6) is 0.614. The lowest BCUT2D eigenvalue weighted by Gasteiger charge is -2.16. The summed E-state index contributed by atoms with van der Waals surface area (Å²) < 4.78 is 11.1. The molecule has 0 fully saturated rings. The van der Waals surface area contributed by atoms with Crippen molar-refractivity contribution in [3.05, 3.63) is 98.0 Å². The average molecular weight is 436 g/mol. The Labute approximate surface area is 185 Å². The van der Waals surface area contributed by atoms with Gasteiger partial charge < -0.3 is 19.2 Å². The Morgan fingerprint density at radius 3 is 2.61 bits per heavy atom. The van der Waals surface area contributed by atoms with Gasteiger partial charge in [0.2, 0.25) is 0 Å². The molecule has 0 amide bonds. The molecule has 6 heteroatoms. The van der Waals surface area contributed by atoms with Gasteiger partial charge in [-0.25, -0.2) is 4.79 Å². The molecule has 0 spiro atoms. The van der Waals surface area contributed by atoms with Gasteiger partial charge in [-0.1, -0.05) is 30.3 Å². The van der Waals surface area contributed by atoms with Gasteiger partial charge in [-0.3, -0.25) is 0 Å². The smallest absolute Gasteiger partial charge is 0.336 e. The highest BCUT2D eigenvalue weighted by Gasteiger charge is 2.07. The zero-order valence-electron chi connectivity index (χ0n) is 17.4. The van der Waals surface area contributed by atoms with Crippen LogP contribution in [0.2, 0.25) is 0 Å². The molecule has 1 N–H and O–H groups in total. The van der Waals surface area contributed by atoms with Gasteiger partial charge >= 0.3 is 5.63 Å². The summed E-state index contributed by atoms with van der Waals surface area (Å²) >= 11 is 1.81. The minimum Gasteiger partial charge on any atom is -0.489 e. The maximum atomic E-state index is 11.6. The molecule has 5 nitrogen and oxygen atoms in total. The fraction of sp³-hybridized carbons (Fsp3) is 0.240. The van der Waals surface area contributed by atoms with Gasteiger partial charge in [-0.2, -0.15) is 0 Å². The highest BCUT2D eigenvalue weighted by Crippen LogP contribution is 2.23. The SMILES string of the molecule is CN(CCc1cccs1)Cc1ccc(COc2ccc3c(CO)cc(=O)oc3c2)cc1. The lowest BCUT2D eigenvalue weighted by molar-refractivity contribution is 0.282. The van der Waals surface area contributed by atoms with Gasteiger partial charge in [0, 0.05) is 35.5 Å².